The fourth-order valence-electron chi connectivity index (χ4n) is 4.83. The first-order valence-corrected chi connectivity index (χ1v) is 13.1. The predicted octanol–water partition coefficient (Wildman–Crippen LogP) is 4.07. The van der Waals surface area contributed by atoms with E-state index in [0.717, 1.165) is 16.7 Å². The first kappa shape index (κ1) is 26.7. The van der Waals surface area contributed by atoms with E-state index < -0.39 is 24.0 Å². The van der Waals surface area contributed by atoms with Crippen LogP contribution in [0.2, 0.25) is 0 Å². The minimum absolute atomic E-state index is 0.208. The van der Waals surface area contributed by atoms with E-state index in [2.05, 4.69) is 5.32 Å². The molecule has 0 aliphatic carbocycles. The van der Waals surface area contributed by atoms with Gasteiger partial charge in [-0.05, 0) is 30.5 Å². The number of hydrogen-bond acceptors (Lipinski definition) is 5. The van der Waals surface area contributed by atoms with Gasteiger partial charge in [-0.2, -0.15) is 0 Å². The van der Waals surface area contributed by atoms with Crippen molar-refractivity contribution in [1.29, 1.82) is 0 Å². The van der Waals surface area contributed by atoms with Crippen LogP contribution in [0.1, 0.15) is 32.6 Å². The molecule has 3 N–H and O–H groups in total. The van der Waals surface area contributed by atoms with Crippen molar-refractivity contribution in [2.75, 3.05) is 11.4 Å². The van der Waals surface area contributed by atoms with Crippen LogP contribution >= 0.6 is 0 Å². The topological polar surface area (TPSA) is 105 Å². The van der Waals surface area contributed by atoms with Crippen molar-refractivity contribution in [3.63, 3.8) is 0 Å². The summed E-state index contributed by atoms with van der Waals surface area (Å²) in [6.45, 7) is 1.65. The quantitative estimate of drug-likeness (QED) is 0.335. The Hall–Kier alpha value is -4.88. The van der Waals surface area contributed by atoms with Crippen LogP contribution in [0.5, 0.6) is 0 Å². The van der Waals surface area contributed by atoms with Crippen LogP contribution in [-0.4, -0.2) is 42.1 Å². The molecule has 0 saturated heterocycles. The van der Waals surface area contributed by atoms with E-state index in [4.69, 9.17) is 10.7 Å². The van der Waals surface area contributed by atoms with Crippen LogP contribution in [0.25, 0.3) is 0 Å². The molecule has 5 rings (SSSR count). The highest BCUT2D eigenvalue weighted by Gasteiger charge is 2.35. The Balaban J connectivity index is 1.52. The SMILES string of the molecule is Cc1ccccc1C(=O)CN1C(=O)[C@@H](NC(=O)[C@@H](N)Cc2ccccc2)N=C(c2ccccc2)c2ccccc21. The lowest BCUT2D eigenvalue weighted by Crippen LogP contribution is -2.53. The summed E-state index contributed by atoms with van der Waals surface area (Å²) < 4.78 is 0. The number of benzene rings is 4. The highest BCUT2D eigenvalue weighted by molar-refractivity contribution is 6.21. The van der Waals surface area contributed by atoms with Crippen LogP contribution in [0.15, 0.2) is 114 Å². The number of aliphatic imine (C=N–C) groups is 1. The maximum absolute atomic E-state index is 14.1. The van der Waals surface area contributed by atoms with E-state index in [1.165, 1.54) is 4.90 Å². The Morgan fingerprint density at radius 3 is 2.23 bits per heavy atom. The van der Waals surface area contributed by atoms with Gasteiger partial charge in [0.1, 0.15) is 0 Å². The van der Waals surface area contributed by atoms with Gasteiger partial charge in [-0.15, -0.1) is 0 Å². The molecule has 0 bridgehead atoms. The maximum Gasteiger partial charge on any atom is 0.272 e. The zero-order chi connectivity index (χ0) is 28.1. The monoisotopic (exact) mass is 530 g/mol. The molecule has 1 heterocycles. The molecule has 4 aromatic carbocycles. The third kappa shape index (κ3) is 5.75. The third-order valence-electron chi connectivity index (χ3n) is 6.92. The second kappa shape index (κ2) is 11.9. The van der Waals surface area contributed by atoms with Gasteiger partial charge in [0.15, 0.2) is 5.78 Å². The number of nitrogens with zero attached hydrogens (tertiary/aromatic N) is 2. The molecule has 1 aliphatic heterocycles. The highest BCUT2D eigenvalue weighted by Crippen LogP contribution is 2.29. The molecule has 0 aromatic heterocycles. The molecule has 7 heteroatoms. The van der Waals surface area contributed by atoms with E-state index in [1.54, 1.807) is 18.2 Å². The van der Waals surface area contributed by atoms with Crippen molar-refractivity contribution >= 4 is 29.0 Å². The number of carbonyl (C=O) groups excluding carboxylic acids is 3. The van der Waals surface area contributed by atoms with Crippen LogP contribution in [0.4, 0.5) is 5.69 Å². The van der Waals surface area contributed by atoms with E-state index in [9.17, 15) is 14.4 Å². The maximum atomic E-state index is 14.1. The fourth-order valence-corrected chi connectivity index (χ4v) is 4.83. The number of nitrogens with two attached hydrogens (primary N) is 1. The molecule has 0 unspecified atom stereocenters. The number of nitrogens with one attached hydrogen (secondary N) is 1. The number of para-hydroxylation sites is 1. The van der Waals surface area contributed by atoms with Crippen LogP contribution in [0, 0.1) is 6.92 Å². The molecule has 0 saturated carbocycles. The van der Waals surface area contributed by atoms with Gasteiger partial charge in [0.05, 0.1) is 24.0 Å². The number of fused-ring (bicyclic) bond motifs is 1. The summed E-state index contributed by atoms with van der Waals surface area (Å²) in [5, 5.41) is 2.76. The van der Waals surface area contributed by atoms with E-state index in [1.807, 2.05) is 97.9 Å². The lowest BCUT2D eigenvalue weighted by atomic mass is 9.99. The van der Waals surface area contributed by atoms with Gasteiger partial charge in [0.2, 0.25) is 12.1 Å². The number of rotatable bonds is 8. The predicted molar refractivity (Wildman–Crippen MR) is 156 cm³/mol. The summed E-state index contributed by atoms with van der Waals surface area (Å²) in [4.78, 5) is 46.9. The van der Waals surface area contributed by atoms with Crippen molar-refractivity contribution in [2.45, 2.75) is 25.6 Å². The average molecular weight is 531 g/mol. The molecule has 2 atom stereocenters. The number of ketones is 1. The van der Waals surface area contributed by atoms with Gasteiger partial charge in [-0.25, -0.2) is 4.99 Å². The van der Waals surface area contributed by atoms with Crippen molar-refractivity contribution in [3.8, 4) is 0 Å². The van der Waals surface area contributed by atoms with Gasteiger partial charge >= 0.3 is 0 Å². The van der Waals surface area contributed by atoms with E-state index in [-0.39, 0.29) is 12.3 Å². The van der Waals surface area contributed by atoms with Gasteiger partial charge in [-0.1, -0.05) is 103 Å². The molecule has 200 valence electrons. The largest absolute Gasteiger partial charge is 0.325 e. The summed E-state index contributed by atoms with van der Waals surface area (Å²) in [7, 11) is 0. The summed E-state index contributed by atoms with van der Waals surface area (Å²) >= 11 is 0. The molecule has 0 spiro atoms. The summed E-state index contributed by atoms with van der Waals surface area (Å²) in [5.41, 5.74) is 11.1. The molecule has 0 radical (unpaired) electrons. The minimum atomic E-state index is -1.28. The van der Waals surface area contributed by atoms with Gasteiger partial charge in [0, 0.05) is 16.7 Å². The normalized spacial score (nSPS) is 15.4. The van der Waals surface area contributed by atoms with Crippen molar-refractivity contribution < 1.29 is 14.4 Å². The van der Waals surface area contributed by atoms with Crippen LogP contribution in [0.3, 0.4) is 0 Å². The summed E-state index contributed by atoms with van der Waals surface area (Å²) in [6.07, 6.45) is -0.972. The first-order chi connectivity index (χ1) is 19.4. The Kier molecular flexibility index (Phi) is 7.94. The molecule has 4 aromatic rings. The van der Waals surface area contributed by atoms with Gasteiger partial charge < -0.3 is 16.0 Å². The lowest BCUT2D eigenvalue weighted by Gasteiger charge is -2.25. The second-order valence-corrected chi connectivity index (χ2v) is 9.73. The Labute approximate surface area is 233 Å². The molecule has 1 aliphatic rings. The van der Waals surface area contributed by atoms with Gasteiger partial charge in [-0.3, -0.25) is 14.4 Å². The molecule has 0 fully saturated rings. The molecule has 7 nitrogen and oxygen atoms in total. The molecular formula is C33H30N4O3. The summed E-state index contributed by atoms with van der Waals surface area (Å²) in [6, 6.07) is 32.6. The standard InChI is InChI=1S/C33H30N4O3/c1-22-12-8-9-17-25(22)29(38)21-37-28-19-11-10-18-26(28)30(24-15-6-3-7-16-24)35-31(33(37)40)36-32(39)27(34)20-23-13-4-2-5-14-23/h2-19,27,31H,20-21,34H2,1H3,(H,36,39)/t27-,31+/m0/s1. The van der Waals surface area contributed by atoms with Crippen molar-refractivity contribution in [1.82, 2.24) is 5.32 Å². The van der Waals surface area contributed by atoms with E-state index >= 15 is 0 Å². The highest BCUT2D eigenvalue weighted by atomic mass is 16.2. The Morgan fingerprint density at radius 2 is 1.50 bits per heavy atom. The smallest absolute Gasteiger partial charge is 0.272 e. The minimum Gasteiger partial charge on any atom is -0.325 e. The number of anilines is 1. The molecular weight excluding hydrogens is 500 g/mol. The molecule has 2 amide bonds. The Bertz CT molecular complexity index is 1570. The first-order valence-electron chi connectivity index (χ1n) is 13.1. The van der Waals surface area contributed by atoms with Gasteiger partial charge in [0.25, 0.3) is 5.91 Å². The van der Waals surface area contributed by atoms with Crippen molar-refractivity contribution in [3.05, 3.63) is 137 Å². The van der Waals surface area contributed by atoms with Crippen LogP contribution in [-0.2, 0) is 16.0 Å². The Morgan fingerprint density at radius 1 is 0.875 bits per heavy atom. The second-order valence-electron chi connectivity index (χ2n) is 9.73. The number of Topliss-reactive ketones (excluding diaryl/α,β-unsaturated/α-hetero) is 1. The number of carbonyl (C=O) groups is 3. The average Bonchev–Trinajstić information content (AvgIpc) is 3.09. The number of aryl methyl sites for hydroxylation is 1. The van der Waals surface area contributed by atoms with Crippen molar-refractivity contribution in [2.24, 2.45) is 10.7 Å². The lowest BCUT2D eigenvalue weighted by molar-refractivity contribution is -0.128. The van der Waals surface area contributed by atoms with E-state index in [0.29, 0.717) is 28.9 Å². The summed E-state index contributed by atoms with van der Waals surface area (Å²) in [5.74, 6) is -1.23. The number of amides is 2. The fraction of sp³-hybridized carbons (Fsp3) is 0.152. The van der Waals surface area contributed by atoms with Crippen LogP contribution < -0.4 is 16.0 Å². The number of hydrogen-bond donors (Lipinski definition) is 2. The molecule has 40 heavy (non-hydrogen) atoms. The zero-order valence-corrected chi connectivity index (χ0v) is 22.2. The zero-order valence-electron chi connectivity index (χ0n) is 22.2. The third-order valence-corrected chi connectivity index (χ3v) is 6.92. The number of benzodiazepines with no additional fused rings is 1.